The molecule has 1 aliphatic heterocycles. The van der Waals surface area contributed by atoms with E-state index in [2.05, 4.69) is 22.9 Å². The molecule has 2 aliphatic rings. The highest BCUT2D eigenvalue weighted by Crippen LogP contribution is 2.52. The van der Waals surface area contributed by atoms with Crippen LogP contribution >= 0.6 is 0 Å². The van der Waals surface area contributed by atoms with E-state index in [4.69, 9.17) is 0 Å². The molecule has 1 aliphatic carbocycles. The van der Waals surface area contributed by atoms with E-state index in [1.54, 1.807) is 6.20 Å². The van der Waals surface area contributed by atoms with Gasteiger partial charge in [0.2, 0.25) is 0 Å². The number of amides is 1. The van der Waals surface area contributed by atoms with Gasteiger partial charge in [-0.25, -0.2) is 0 Å². The lowest BCUT2D eigenvalue weighted by Gasteiger charge is -2.41. The van der Waals surface area contributed by atoms with Gasteiger partial charge < -0.3 is 4.90 Å². The van der Waals surface area contributed by atoms with Crippen molar-refractivity contribution in [3.63, 3.8) is 0 Å². The zero-order valence-corrected chi connectivity index (χ0v) is 14.5. The van der Waals surface area contributed by atoms with E-state index in [0.717, 1.165) is 48.2 Å². The number of carbonyl (C=O) groups is 1. The molecule has 1 spiro atoms. The molecule has 1 aromatic heterocycles. The van der Waals surface area contributed by atoms with Crippen LogP contribution in [0.15, 0.2) is 42.6 Å². The second kappa shape index (κ2) is 5.73. The molecule has 0 bridgehead atoms. The third kappa shape index (κ3) is 2.43. The maximum absolute atomic E-state index is 13.4. The molecule has 3 nitrogen and oxygen atoms in total. The third-order valence-electron chi connectivity index (χ3n) is 5.83. The number of hydrogen-bond acceptors (Lipinski definition) is 2. The molecule has 3 heteroatoms. The number of benzene rings is 1. The number of pyridine rings is 1. The molecule has 1 aromatic carbocycles. The summed E-state index contributed by atoms with van der Waals surface area (Å²) < 4.78 is 0. The quantitative estimate of drug-likeness (QED) is 0.818. The number of carbonyl (C=O) groups excluding carboxylic acids is 1. The molecule has 124 valence electrons. The van der Waals surface area contributed by atoms with E-state index in [-0.39, 0.29) is 11.4 Å². The van der Waals surface area contributed by atoms with Crippen LogP contribution in [0, 0.1) is 12.8 Å². The highest BCUT2D eigenvalue weighted by Gasteiger charge is 2.55. The van der Waals surface area contributed by atoms with Crippen LogP contribution in [-0.4, -0.2) is 27.9 Å². The van der Waals surface area contributed by atoms with Crippen LogP contribution < -0.4 is 0 Å². The van der Waals surface area contributed by atoms with Crippen LogP contribution in [0.2, 0.25) is 0 Å². The summed E-state index contributed by atoms with van der Waals surface area (Å²) in [5.74, 6) is 0.793. The molecule has 1 saturated carbocycles. The predicted octanol–water partition coefficient (Wildman–Crippen LogP) is 4.46. The summed E-state index contributed by atoms with van der Waals surface area (Å²) in [7, 11) is 0. The first-order valence-corrected chi connectivity index (χ1v) is 8.96. The van der Waals surface area contributed by atoms with Gasteiger partial charge in [0.1, 0.15) is 0 Å². The van der Waals surface area contributed by atoms with Crippen molar-refractivity contribution in [2.75, 3.05) is 6.54 Å². The first kappa shape index (κ1) is 15.4. The Morgan fingerprint density at radius 3 is 2.79 bits per heavy atom. The Kier molecular flexibility index (Phi) is 3.67. The monoisotopic (exact) mass is 320 g/mol. The summed E-state index contributed by atoms with van der Waals surface area (Å²) in [5, 5.41) is 0. The zero-order valence-electron chi connectivity index (χ0n) is 14.5. The lowest BCUT2D eigenvalue weighted by atomic mass is 9.87. The van der Waals surface area contributed by atoms with Crippen molar-refractivity contribution in [1.29, 1.82) is 0 Å². The van der Waals surface area contributed by atoms with Crippen molar-refractivity contribution in [2.45, 2.75) is 45.1 Å². The Bertz CT molecular complexity index is 765. The Morgan fingerprint density at radius 1 is 1.25 bits per heavy atom. The summed E-state index contributed by atoms with van der Waals surface area (Å²) in [6.07, 6.45) is 6.45. The lowest BCUT2D eigenvalue weighted by Crippen LogP contribution is -2.49. The van der Waals surface area contributed by atoms with Gasteiger partial charge in [0.15, 0.2) is 0 Å². The van der Waals surface area contributed by atoms with Crippen molar-refractivity contribution in [3.8, 4) is 11.3 Å². The van der Waals surface area contributed by atoms with Gasteiger partial charge in [-0.1, -0.05) is 30.7 Å². The maximum atomic E-state index is 13.4. The molecular weight excluding hydrogens is 296 g/mol. The van der Waals surface area contributed by atoms with E-state index in [1.807, 2.05) is 37.3 Å². The fourth-order valence-electron chi connectivity index (χ4n) is 4.23. The van der Waals surface area contributed by atoms with Gasteiger partial charge in [0.25, 0.3) is 5.91 Å². The fourth-order valence-corrected chi connectivity index (χ4v) is 4.23. The lowest BCUT2D eigenvalue weighted by molar-refractivity contribution is 0.0454. The first-order chi connectivity index (χ1) is 11.6. The van der Waals surface area contributed by atoms with Crippen molar-refractivity contribution >= 4 is 5.91 Å². The molecule has 2 fully saturated rings. The minimum atomic E-state index is 0.125. The highest BCUT2D eigenvalue weighted by atomic mass is 16.2. The molecule has 2 aromatic rings. The average Bonchev–Trinajstić information content (AvgIpc) is 3.39. The molecule has 1 unspecified atom stereocenters. The molecule has 0 N–H and O–H groups in total. The third-order valence-corrected chi connectivity index (χ3v) is 5.83. The van der Waals surface area contributed by atoms with Gasteiger partial charge in [-0.2, -0.15) is 0 Å². The van der Waals surface area contributed by atoms with Gasteiger partial charge >= 0.3 is 0 Å². The second-order valence-electron chi connectivity index (χ2n) is 7.37. The SMILES string of the molecule is Cc1ccc(-c2ccccn2)c(C(=O)N2CCCC(C)C23CC3)c1. The van der Waals surface area contributed by atoms with Crippen molar-refractivity contribution < 1.29 is 4.79 Å². The summed E-state index contributed by atoms with van der Waals surface area (Å²) >= 11 is 0. The Hall–Kier alpha value is -2.16. The summed E-state index contributed by atoms with van der Waals surface area (Å²) in [6.45, 7) is 5.24. The van der Waals surface area contributed by atoms with E-state index < -0.39 is 0 Å². The summed E-state index contributed by atoms with van der Waals surface area (Å²) in [4.78, 5) is 20.1. The average molecular weight is 320 g/mol. The van der Waals surface area contributed by atoms with Crippen LogP contribution in [0.5, 0.6) is 0 Å². The van der Waals surface area contributed by atoms with Crippen molar-refractivity contribution in [3.05, 3.63) is 53.7 Å². The van der Waals surface area contributed by atoms with E-state index in [1.165, 1.54) is 6.42 Å². The molecule has 4 rings (SSSR count). The van der Waals surface area contributed by atoms with Crippen LogP contribution in [0.4, 0.5) is 0 Å². The number of rotatable bonds is 2. The van der Waals surface area contributed by atoms with Gasteiger partial charge in [-0.3, -0.25) is 9.78 Å². The molecule has 1 amide bonds. The first-order valence-electron chi connectivity index (χ1n) is 8.96. The molecular formula is C21H24N2O. The fraction of sp³-hybridized carbons (Fsp3) is 0.429. The topological polar surface area (TPSA) is 33.2 Å². The molecule has 1 saturated heterocycles. The summed E-state index contributed by atoms with van der Waals surface area (Å²) in [5.41, 5.74) is 3.86. The second-order valence-corrected chi connectivity index (χ2v) is 7.37. The number of nitrogens with zero attached hydrogens (tertiary/aromatic N) is 2. The molecule has 24 heavy (non-hydrogen) atoms. The predicted molar refractivity (Wildman–Crippen MR) is 95.8 cm³/mol. The van der Waals surface area contributed by atoms with Crippen LogP contribution in [0.1, 0.15) is 48.5 Å². The Morgan fingerprint density at radius 2 is 2.08 bits per heavy atom. The highest BCUT2D eigenvalue weighted by molar-refractivity contribution is 6.01. The molecule has 1 atom stereocenters. The van der Waals surface area contributed by atoms with Crippen LogP contribution in [0.3, 0.4) is 0 Å². The number of hydrogen-bond donors (Lipinski definition) is 0. The number of likely N-dealkylation sites (tertiary alicyclic amines) is 1. The van der Waals surface area contributed by atoms with Crippen molar-refractivity contribution in [2.24, 2.45) is 5.92 Å². The minimum Gasteiger partial charge on any atom is -0.333 e. The zero-order chi connectivity index (χ0) is 16.7. The van der Waals surface area contributed by atoms with E-state index >= 15 is 0 Å². The van der Waals surface area contributed by atoms with E-state index in [9.17, 15) is 4.79 Å². The van der Waals surface area contributed by atoms with Gasteiger partial charge in [-0.05, 0) is 56.7 Å². The van der Waals surface area contributed by atoms with Crippen molar-refractivity contribution in [1.82, 2.24) is 9.88 Å². The Labute approximate surface area is 143 Å². The minimum absolute atomic E-state index is 0.125. The Balaban J connectivity index is 1.76. The largest absolute Gasteiger partial charge is 0.333 e. The van der Waals surface area contributed by atoms with Gasteiger partial charge in [-0.15, -0.1) is 0 Å². The smallest absolute Gasteiger partial charge is 0.255 e. The summed E-state index contributed by atoms with van der Waals surface area (Å²) in [6, 6.07) is 12.0. The number of aromatic nitrogens is 1. The van der Waals surface area contributed by atoms with Gasteiger partial charge in [0, 0.05) is 29.4 Å². The van der Waals surface area contributed by atoms with Crippen LogP contribution in [0.25, 0.3) is 11.3 Å². The number of piperidine rings is 1. The molecule has 0 radical (unpaired) electrons. The number of aryl methyl sites for hydroxylation is 1. The normalized spacial score (nSPS) is 21.8. The molecule has 2 heterocycles. The maximum Gasteiger partial charge on any atom is 0.255 e. The van der Waals surface area contributed by atoms with Crippen LogP contribution in [-0.2, 0) is 0 Å². The van der Waals surface area contributed by atoms with Gasteiger partial charge in [0.05, 0.1) is 5.69 Å². The van der Waals surface area contributed by atoms with E-state index in [0.29, 0.717) is 5.92 Å². The standard InChI is InChI=1S/C21H24N2O/c1-15-8-9-17(19-7-3-4-12-22-19)18(14-15)20(24)23-13-5-6-16(2)21(23)10-11-21/h3-4,7-9,12,14,16H,5-6,10-11,13H2,1-2H3.